The zero-order valence-corrected chi connectivity index (χ0v) is 15.5. The molecule has 0 saturated heterocycles. The van der Waals surface area contributed by atoms with Crippen molar-refractivity contribution in [1.29, 1.82) is 0 Å². The van der Waals surface area contributed by atoms with Crippen molar-refractivity contribution in [2.45, 2.75) is 40.0 Å². The molecule has 1 N–H and O–H groups in total. The molecule has 3 nitrogen and oxygen atoms in total. The molecule has 0 aromatic heterocycles. The van der Waals surface area contributed by atoms with Gasteiger partial charge in [-0.1, -0.05) is 17.7 Å². The molecule has 7 heteroatoms. The number of ether oxygens (including phenoxy) is 1. The number of hydrogen-bond donors (Lipinski definition) is 1. The number of benzene rings is 2. The molecule has 0 spiro atoms. The van der Waals surface area contributed by atoms with Gasteiger partial charge in [0.2, 0.25) is 0 Å². The number of rotatable bonds is 4. The summed E-state index contributed by atoms with van der Waals surface area (Å²) in [6, 6.07) is 6.95. The minimum Gasteiger partial charge on any atom is -0.481 e. The molecule has 0 unspecified atom stereocenters. The average molecular weight is 386 g/mol. The van der Waals surface area contributed by atoms with Crippen molar-refractivity contribution in [3.63, 3.8) is 0 Å². The Balaban J connectivity index is 2.21. The number of alkyl halides is 3. The topological polar surface area (TPSA) is 38.3 Å². The van der Waals surface area contributed by atoms with Crippen LogP contribution in [0.5, 0.6) is 5.75 Å². The SMILES string of the molecule is Cc1cc(C)c(C)c(O[C@H](C)C(=O)Nc2ccc(Cl)cc2C(F)(F)F)c1. The largest absolute Gasteiger partial charge is 0.481 e. The Bertz CT molecular complexity index is 834. The summed E-state index contributed by atoms with van der Waals surface area (Å²) in [5.41, 5.74) is 1.47. The van der Waals surface area contributed by atoms with Crippen LogP contribution in [0.2, 0.25) is 5.02 Å². The van der Waals surface area contributed by atoms with Crippen LogP contribution in [0.3, 0.4) is 0 Å². The van der Waals surface area contributed by atoms with Gasteiger partial charge in [-0.2, -0.15) is 13.2 Å². The minimum absolute atomic E-state index is 0.0644. The highest BCUT2D eigenvalue weighted by molar-refractivity contribution is 6.30. The summed E-state index contributed by atoms with van der Waals surface area (Å²) in [4.78, 5) is 12.3. The molecule has 1 atom stereocenters. The fourth-order valence-electron chi connectivity index (χ4n) is 2.46. The van der Waals surface area contributed by atoms with Gasteiger partial charge in [-0.15, -0.1) is 0 Å². The fourth-order valence-corrected chi connectivity index (χ4v) is 2.63. The van der Waals surface area contributed by atoms with Crippen LogP contribution < -0.4 is 10.1 Å². The van der Waals surface area contributed by atoms with Crippen molar-refractivity contribution >= 4 is 23.2 Å². The lowest BCUT2D eigenvalue weighted by Gasteiger charge is -2.19. The van der Waals surface area contributed by atoms with E-state index in [0.717, 1.165) is 28.8 Å². The molecule has 0 fully saturated rings. The second-order valence-electron chi connectivity index (χ2n) is 6.14. The van der Waals surface area contributed by atoms with Gasteiger partial charge >= 0.3 is 6.18 Å². The second-order valence-corrected chi connectivity index (χ2v) is 6.58. The monoisotopic (exact) mass is 385 g/mol. The number of halogens is 4. The lowest BCUT2D eigenvalue weighted by Crippen LogP contribution is -2.31. The summed E-state index contributed by atoms with van der Waals surface area (Å²) in [5.74, 6) is -0.159. The lowest BCUT2D eigenvalue weighted by atomic mass is 10.1. The molecule has 26 heavy (non-hydrogen) atoms. The highest BCUT2D eigenvalue weighted by Gasteiger charge is 2.34. The minimum atomic E-state index is -4.64. The summed E-state index contributed by atoms with van der Waals surface area (Å²) < 4.78 is 45.1. The summed E-state index contributed by atoms with van der Waals surface area (Å²) in [6.45, 7) is 7.15. The number of carbonyl (C=O) groups is 1. The van der Waals surface area contributed by atoms with E-state index in [1.54, 1.807) is 6.07 Å². The van der Waals surface area contributed by atoms with E-state index in [0.29, 0.717) is 5.75 Å². The van der Waals surface area contributed by atoms with Gasteiger partial charge in [0.15, 0.2) is 6.10 Å². The zero-order chi connectivity index (χ0) is 19.6. The molecular formula is C19H19ClF3NO2. The van der Waals surface area contributed by atoms with Crippen LogP contribution in [0.25, 0.3) is 0 Å². The number of aryl methyl sites for hydroxylation is 2. The Hall–Kier alpha value is -2.21. The van der Waals surface area contributed by atoms with Crippen LogP contribution in [0.15, 0.2) is 30.3 Å². The Morgan fingerprint density at radius 1 is 1.15 bits per heavy atom. The molecule has 0 aliphatic carbocycles. The molecule has 0 heterocycles. The van der Waals surface area contributed by atoms with Gasteiger partial charge < -0.3 is 10.1 Å². The predicted molar refractivity (Wildman–Crippen MR) is 95.8 cm³/mol. The number of hydrogen-bond acceptors (Lipinski definition) is 2. The van der Waals surface area contributed by atoms with Crippen LogP contribution in [0.1, 0.15) is 29.2 Å². The van der Waals surface area contributed by atoms with Crippen molar-refractivity contribution in [1.82, 2.24) is 0 Å². The van der Waals surface area contributed by atoms with E-state index in [1.807, 2.05) is 26.8 Å². The second kappa shape index (κ2) is 7.58. The Labute approximate surface area is 155 Å². The number of anilines is 1. The highest BCUT2D eigenvalue weighted by Crippen LogP contribution is 2.36. The maximum atomic E-state index is 13.1. The van der Waals surface area contributed by atoms with Gasteiger partial charge in [0.05, 0.1) is 11.3 Å². The smallest absolute Gasteiger partial charge is 0.418 e. The van der Waals surface area contributed by atoms with Crippen molar-refractivity contribution < 1.29 is 22.7 Å². The van der Waals surface area contributed by atoms with Crippen LogP contribution in [0, 0.1) is 20.8 Å². The number of amides is 1. The normalized spacial score (nSPS) is 12.6. The first-order chi connectivity index (χ1) is 12.0. The van der Waals surface area contributed by atoms with E-state index in [4.69, 9.17) is 16.3 Å². The Kier molecular flexibility index (Phi) is 5.86. The van der Waals surface area contributed by atoms with Crippen LogP contribution in [-0.2, 0) is 11.0 Å². The van der Waals surface area contributed by atoms with Crippen molar-refractivity contribution in [2.24, 2.45) is 0 Å². The number of carbonyl (C=O) groups excluding carboxylic acids is 1. The maximum Gasteiger partial charge on any atom is 0.418 e. The molecule has 0 aliphatic heterocycles. The molecule has 2 aromatic rings. The summed E-state index contributed by atoms with van der Waals surface area (Å²) in [6.07, 6.45) is -5.62. The predicted octanol–water partition coefficient (Wildman–Crippen LogP) is 5.69. The lowest BCUT2D eigenvalue weighted by molar-refractivity contribution is -0.137. The molecule has 0 saturated carbocycles. The average Bonchev–Trinajstić information content (AvgIpc) is 2.52. The maximum absolute atomic E-state index is 13.1. The third-order valence-electron chi connectivity index (χ3n) is 3.98. The summed E-state index contributed by atoms with van der Waals surface area (Å²) in [7, 11) is 0. The van der Waals surface area contributed by atoms with Crippen molar-refractivity contribution in [2.75, 3.05) is 5.32 Å². The molecular weight excluding hydrogens is 367 g/mol. The van der Waals surface area contributed by atoms with E-state index in [9.17, 15) is 18.0 Å². The van der Waals surface area contributed by atoms with E-state index in [1.165, 1.54) is 13.0 Å². The quantitative estimate of drug-likeness (QED) is 0.734. The summed E-state index contributed by atoms with van der Waals surface area (Å²) >= 11 is 5.64. The molecule has 1 amide bonds. The molecule has 0 radical (unpaired) electrons. The first-order valence-corrected chi connectivity index (χ1v) is 8.29. The van der Waals surface area contributed by atoms with Crippen molar-refractivity contribution in [3.05, 3.63) is 57.6 Å². The van der Waals surface area contributed by atoms with E-state index in [-0.39, 0.29) is 10.7 Å². The van der Waals surface area contributed by atoms with Crippen LogP contribution in [-0.4, -0.2) is 12.0 Å². The van der Waals surface area contributed by atoms with Gasteiger partial charge in [0, 0.05) is 5.02 Å². The molecule has 2 aromatic carbocycles. The van der Waals surface area contributed by atoms with Gasteiger partial charge in [0.1, 0.15) is 5.75 Å². The van der Waals surface area contributed by atoms with Gasteiger partial charge in [-0.3, -0.25) is 4.79 Å². The highest BCUT2D eigenvalue weighted by atomic mass is 35.5. The van der Waals surface area contributed by atoms with Crippen molar-refractivity contribution in [3.8, 4) is 5.75 Å². The van der Waals surface area contributed by atoms with Gasteiger partial charge in [-0.25, -0.2) is 0 Å². The van der Waals surface area contributed by atoms with Crippen LogP contribution >= 0.6 is 11.6 Å². The molecule has 140 valence electrons. The Morgan fingerprint density at radius 3 is 2.42 bits per heavy atom. The summed E-state index contributed by atoms with van der Waals surface area (Å²) in [5, 5.41) is 2.21. The van der Waals surface area contributed by atoms with Crippen LogP contribution in [0.4, 0.5) is 18.9 Å². The molecule has 0 aliphatic rings. The Morgan fingerprint density at radius 2 is 1.81 bits per heavy atom. The third kappa shape index (κ3) is 4.69. The first kappa shape index (κ1) is 20.1. The van der Waals surface area contributed by atoms with E-state index in [2.05, 4.69) is 5.32 Å². The third-order valence-corrected chi connectivity index (χ3v) is 4.22. The van der Waals surface area contributed by atoms with Gasteiger partial charge in [-0.05, 0) is 68.7 Å². The molecule has 2 rings (SSSR count). The fraction of sp³-hybridized carbons (Fsp3) is 0.316. The van der Waals surface area contributed by atoms with E-state index >= 15 is 0 Å². The first-order valence-electron chi connectivity index (χ1n) is 7.91. The standard InChI is InChI=1S/C19H19ClF3NO2/c1-10-7-11(2)12(3)17(8-10)26-13(4)18(25)24-16-6-5-14(20)9-15(16)19(21,22)23/h5-9,13H,1-4H3,(H,24,25)/t13-/m1/s1. The van der Waals surface area contributed by atoms with Gasteiger partial charge in [0.25, 0.3) is 5.91 Å². The molecule has 0 bridgehead atoms. The number of nitrogens with one attached hydrogen (secondary N) is 1. The zero-order valence-electron chi connectivity index (χ0n) is 14.8. The van der Waals surface area contributed by atoms with E-state index < -0.39 is 23.8 Å².